The summed E-state index contributed by atoms with van der Waals surface area (Å²) in [5, 5.41) is 6.62. The van der Waals surface area contributed by atoms with Crippen molar-refractivity contribution in [3.63, 3.8) is 0 Å². The summed E-state index contributed by atoms with van der Waals surface area (Å²) in [6.07, 6.45) is 0.0440. The third-order valence-electron chi connectivity index (χ3n) is 3.16. The maximum Gasteiger partial charge on any atom is 0.258 e. The van der Waals surface area contributed by atoms with Crippen LogP contribution in [0.15, 0.2) is 59.1 Å². The van der Waals surface area contributed by atoms with Crippen molar-refractivity contribution in [3.05, 3.63) is 60.4 Å². The van der Waals surface area contributed by atoms with Gasteiger partial charge in [0.2, 0.25) is 5.91 Å². The molecule has 3 rings (SSSR count). The predicted molar refractivity (Wildman–Crippen MR) is 85.1 cm³/mol. The van der Waals surface area contributed by atoms with Gasteiger partial charge in [-0.05, 0) is 30.3 Å². The molecule has 0 saturated carbocycles. The number of para-hydroxylation sites is 1. The van der Waals surface area contributed by atoms with E-state index in [4.69, 9.17) is 9.26 Å². The van der Waals surface area contributed by atoms with E-state index < -0.39 is 0 Å². The molecule has 1 heterocycles. The number of hydrogen-bond donors (Lipinski definition) is 1. The first kappa shape index (κ1) is 14.8. The number of hydrogen-bond acceptors (Lipinski definition) is 5. The second-order valence-corrected chi connectivity index (χ2v) is 4.84. The largest absolute Gasteiger partial charge is 0.497 e. The summed E-state index contributed by atoms with van der Waals surface area (Å²) >= 11 is 0. The molecule has 1 aromatic heterocycles. The van der Waals surface area contributed by atoms with Gasteiger partial charge < -0.3 is 14.6 Å². The summed E-state index contributed by atoms with van der Waals surface area (Å²) in [4.78, 5) is 16.2. The number of carbonyl (C=O) groups excluding carboxylic acids is 1. The zero-order valence-electron chi connectivity index (χ0n) is 12.5. The Hall–Kier alpha value is -3.15. The molecule has 1 amide bonds. The minimum Gasteiger partial charge on any atom is -0.497 e. The maximum absolute atomic E-state index is 12.0. The Kier molecular flexibility index (Phi) is 4.33. The lowest BCUT2D eigenvalue weighted by atomic mass is 10.2. The smallest absolute Gasteiger partial charge is 0.258 e. The van der Waals surface area contributed by atoms with Crippen molar-refractivity contribution in [3.8, 4) is 17.2 Å². The van der Waals surface area contributed by atoms with E-state index in [1.54, 1.807) is 13.2 Å². The highest BCUT2D eigenvalue weighted by atomic mass is 16.5. The van der Waals surface area contributed by atoms with Gasteiger partial charge in [-0.2, -0.15) is 4.98 Å². The Labute approximate surface area is 133 Å². The van der Waals surface area contributed by atoms with Crippen molar-refractivity contribution in [1.82, 2.24) is 10.1 Å². The van der Waals surface area contributed by atoms with Crippen LogP contribution in [0.5, 0.6) is 5.75 Å². The molecule has 0 spiro atoms. The van der Waals surface area contributed by atoms with Crippen LogP contribution in [0.2, 0.25) is 0 Å². The zero-order chi connectivity index (χ0) is 16.1. The molecule has 116 valence electrons. The normalized spacial score (nSPS) is 10.3. The average molecular weight is 309 g/mol. The Morgan fingerprint density at radius 2 is 2.00 bits per heavy atom. The number of nitrogens with one attached hydrogen (secondary N) is 1. The highest BCUT2D eigenvalue weighted by Gasteiger charge is 2.13. The van der Waals surface area contributed by atoms with Crippen molar-refractivity contribution in [2.75, 3.05) is 12.4 Å². The second kappa shape index (κ2) is 6.74. The molecule has 2 aromatic carbocycles. The molecular weight excluding hydrogens is 294 g/mol. The summed E-state index contributed by atoms with van der Waals surface area (Å²) < 4.78 is 10.4. The van der Waals surface area contributed by atoms with Gasteiger partial charge in [-0.15, -0.1) is 0 Å². The quantitative estimate of drug-likeness (QED) is 0.784. The van der Waals surface area contributed by atoms with Gasteiger partial charge in [0.15, 0.2) is 5.82 Å². The maximum atomic E-state index is 12.0. The van der Waals surface area contributed by atoms with Gasteiger partial charge in [0, 0.05) is 11.3 Å². The second-order valence-electron chi connectivity index (χ2n) is 4.84. The molecule has 0 unspecified atom stereocenters. The van der Waals surface area contributed by atoms with Crippen LogP contribution < -0.4 is 10.1 Å². The van der Waals surface area contributed by atoms with Crippen LogP contribution in [0, 0.1) is 0 Å². The Morgan fingerprint density at radius 1 is 1.17 bits per heavy atom. The molecular formula is C17H15N3O3. The number of anilines is 1. The number of amides is 1. The number of carbonyl (C=O) groups is 1. The van der Waals surface area contributed by atoms with Crippen molar-refractivity contribution < 1.29 is 14.1 Å². The number of nitrogens with zero attached hydrogens (tertiary/aromatic N) is 2. The molecule has 0 aliphatic carbocycles. The number of benzene rings is 2. The average Bonchev–Trinajstić information content (AvgIpc) is 3.04. The van der Waals surface area contributed by atoms with E-state index in [-0.39, 0.29) is 12.3 Å². The van der Waals surface area contributed by atoms with Crippen molar-refractivity contribution in [2.45, 2.75) is 6.42 Å². The van der Waals surface area contributed by atoms with Gasteiger partial charge in [0.1, 0.15) is 5.75 Å². The predicted octanol–water partition coefficient (Wildman–Crippen LogP) is 2.93. The molecule has 23 heavy (non-hydrogen) atoms. The molecule has 0 bridgehead atoms. The third kappa shape index (κ3) is 3.74. The number of aromatic nitrogens is 2. The molecule has 0 atom stereocenters. The molecule has 3 aromatic rings. The molecule has 0 aliphatic rings. The molecule has 0 fully saturated rings. The monoisotopic (exact) mass is 309 g/mol. The molecule has 0 aliphatic heterocycles. The fourth-order valence-electron chi connectivity index (χ4n) is 2.07. The fourth-order valence-corrected chi connectivity index (χ4v) is 2.07. The van der Waals surface area contributed by atoms with E-state index in [2.05, 4.69) is 15.5 Å². The van der Waals surface area contributed by atoms with Crippen LogP contribution in [0.3, 0.4) is 0 Å². The SMILES string of the molecule is COc1cccc(-c2nc(CC(=O)Nc3ccccc3)no2)c1. The van der Waals surface area contributed by atoms with Crippen molar-refractivity contribution in [2.24, 2.45) is 0 Å². The van der Waals surface area contributed by atoms with Crippen LogP contribution in [-0.2, 0) is 11.2 Å². The number of ether oxygens (including phenoxy) is 1. The minimum absolute atomic E-state index is 0.0440. The van der Waals surface area contributed by atoms with Gasteiger partial charge in [0.25, 0.3) is 5.89 Å². The minimum atomic E-state index is -0.200. The van der Waals surface area contributed by atoms with Crippen LogP contribution in [0.25, 0.3) is 11.5 Å². The first-order valence-electron chi connectivity index (χ1n) is 7.06. The lowest BCUT2D eigenvalue weighted by molar-refractivity contribution is -0.115. The Bertz CT molecular complexity index is 800. The van der Waals surface area contributed by atoms with E-state index in [1.165, 1.54) is 0 Å². The Balaban J connectivity index is 1.68. The first-order valence-corrected chi connectivity index (χ1v) is 7.06. The van der Waals surface area contributed by atoms with Crippen LogP contribution in [0.1, 0.15) is 5.82 Å². The van der Waals surface area contributed by atoms with Crippen LogP contribution in [-0.4, -0.2) is 23.2 Å². The molecule has 6 nitrogen and oxygen atoms in total. The lowest BCUT2D eigenvalue weighted by Crippen LogP contribution is -2.15. The van der Waals surface area contributed by atoms with E-state index in [0.717, 1.165) is 11.3 Å². The zero-order valence-corrected chi connectivity index (χ0v) is 12.5. The van der Waals surface area contributed by atoms with Gasteiger partial charge in [-0.1, -0.05) is 29.4 Å². The molecule has 0 radical (unpaired) electrons. The number of methoxy groups -OCH3 is 1. The fraction of sp³-hybridized carbons (Fsp3) is 0.118. The summed E-state index contributed by atoms with van der Waals surface area (Å²) in [5.74, 6) is 1.18. The summed E-state index contributed by atoms with van der Waals surface area (Å²) in [6, 6.07) is 16.5. The van der Waals surface area contributed by atoms with Crippen molar-refractivity contribution >= 4 is 11.6 Å². The molecule has 0 saturated heterocycles. The molecule has 1 N–H and O–H groups in total. The summed E-state index contributed by atoms with van der Waals surface area (Å²) in [7, 11) is 1.59. The van der Waals surface area contributed by atoms with Gasteiger partial charge in [-0.25, -0.2) is 0 Å². The van der Waals surface area contributed by atoms with Crippen molar-refractivity contribution in [1.29, 1.82) is 0 Å². The van der Waals surface area contributed by atoms with Crippen LogP contribution in [0.4, 0.5) is 5.69 Å². The van der Waals surface area contributed by atoms with Gasteiger partial charge in [0.05, 0.1) is 13.5 Å². The Morgan fingerprint density at radius 3 is 2.78 bits per heavy atom. The van der Waals surface area contributed by atoms with E-state index in [1.807, 2.05) is 48.5 Å². The molecule has 6 heteroatoms. The topological polar surface area (TPSA) is 77.2 Å². The van der Waals surface area contributed by atoms with Crippen LogP contribution >= 0.6 is 0 Å². The first-order chi connectivity index (χ1) is 11.2. The standard InChI is InChI=1S/C17H15N3O3/c1-22-14-9-5-6-12(10-14)17-19-15(20-23-17)11-16(21)18-13-7-3-2-4-8-13/h2-10H,11H2,1H3,(H,18,21). The summed E-state index contributed by atoms with van der Waals surface area (Å²) in [6.45, 7) is 0. The van der Waals surface area contributed by atoms with E-state index in [0.29, 0.717) is 17.5 Å². The van der Waals surface area contributed by atoms with E-state index in [9.17, 15) is 4.79 Å². The van der Waals surface area contributed by atoms with Gasteiger partial charge >= 0.3 is 0 Å². The van der Waals surface area contributed by atoms with E-state index >= 15 is 0 Å². The third-order valence-corrected chi connectivity index (χ3v) is 3.16. The lowest BCUT2D eigenvalue weighted by Gasteiger charge is -2.02. The summed E-state index contributed by atoms with van der Waals surface area (Å²) in [5.41, 5.74) is 1.47. The number of rotatable bonds is 5. The van der Waals surface area contributed by atoms with Gasteiger partial charge in [-0.3, -0.25) is 4.79 Å². The highest BCUT2D eigenvalue weighted by molar-refractivity contribution is 5.91. The highest BCUT2D eigenvalue weighted by Crippen LogP contribution is 2.22.